The summed E-state index contributed by atoms with van der Waals surface area (Å²) >= 11 is 0. The van der Waals surface area contributed by atoms with E-state index in [1.807, 2.05) is 4.90 Å². The molecule has 1 unspecified atom stereocenters. The van der Waals surface area contributed by atoms with E-state index in [0.717, 1.165) is 31.8 Å². The van der Waals surface area contributed by atoms with Crippen LogP contribution in [-0.4, -0.2) is 18.1 Å². The average Bonchev–Trinajstić information content (AvgIpc) is 2.76. The molecule has 2 N–H and O–H groups in total. The van der Waals surface area contributed by atoms with E-state index in [9.17, 15) is 13.2 Å². The Balaban J connectivity index is 2.26. The minimum absolute atomic E-state index is 0.142. The fourth-order valence-electron chi connectivity index (χ4n) is 2.57. The third-order valence-electron chi connectivity index (χ3n) is 3.96. The number of alkyl halides is 3. The molecule has 0 bridgehead atoms. The largest absolute Gasteiger partial charge is 0.433 e. The Morgan fingerprint density at radius 1 is 1.30 bits per heavy atom. The highest BCUT2D eigenvalue weighted by Crippen LogP contribution is 2.38. The van der Waals surface area contributed by atoms with Crippen molar-refractivity contribution in [3.8, 4) is 0 Å². The van der Waals surface area contributed by atoms with Crippen molar-refractivity contribution in [2.45, 2.75) is 33.4 Å². The monoisotopic (exact) mass is 287 g/mol. The quantitative estimate of drug-likeness (QED) is 0.858. The zero-order valence-electron chi connectivity index (χ0n) is 12.0. The first-order valence-corrected chi connectivity index (χ1v) is 6.66. The van der Waals surface area contributed by atoms with Crippen LogP contribution in [0.4, 0.5) is 24.5 Å². The van der Waals surface area contributed by atoms with Crippen LogP contribution >= 0.6 is 0 Å². The molecule has 1 atom stereocenters. The van der Waals surface area contributed by atoms with Gasteiger partial charge in [-0.1, -0.05) is 20.8 Å². The molecule has 1 aromatic rings. The number of anilines is 2. The van der Waals surface area contributed by atoms with Crippen molar-refractivity contribution in [1.29, 1.82) is 0 Å². The van der Waals surface area contributed by atoms with Crippen LogP contribution in [0.25, 0.3) is 0 Å². The predicted molar refractivity (Wildman–Crippen MR) is 73.4 cm³/mol. The molecule has 0 amide bonds. The van der Waals surface area contributed by atoms with Gasteiger partial charge < -0.3 is 10.6 Å². The highest BCUT2D eigenvalue weighted by atomic mass is 19.4. The van der Waals surface area contributed by atoms with Crippen LogP contribution in [0.3, 0.4) is 0 Å². The summed E-state index contributed by atoms with van der Waals surface area (Å²) in [5.41, 5.74) is 5.79. The standard InChI is InChI=1S/C14H20F3N3/c1-13(2,3)9-4-5-20(8-9)11-6-12(14(15,16)17)19-7-10(11)18/h6-7,9H,4-5,8,18H2,1-3H3. The van der Waals surface area contributed by atoms with Crippen molar-refractivity contribution in [1.82, 2.24) is 4.98 Å². The van der Waals surface area contributed by atoms with Gasteiger partial charge >= 0.3 is 6.18 Å². The first-order chi connectivity index (χ1) is 9.09. The summed E-state index contributed by atoms with van der Waals surface area (Å²) < 4.78 is 38.2. The molecule has 2 rings (SSSR count). The van der Waals surface area contributed by atoms with Crippen LogP contribution in [0.5, 0.6) is 0 Å². The second-order valence-electron chi connectivity index (χ2n) is 6.42. The van der Waals surface area contributed by atoms with Gasteiger partial charge in [-0.3, -0.25) is 0 Å². The van der Waals surface area contributed by atoms with E-state index in [2.05, 4.69) is 25.8 Å². The lowest BCUT2D eigenvalue weighted by molar-refractivity contribution is -0.141. The highest BCUT2D eigenvalue weighted by Gasteiger charge is 2.36. The van der Waals surface area contributed by atoms with E-state index < -0.39 is 11.9 Å². The van der Waals surface area contributed by atoms with Gasteiger partial charge in [-0.2, -0.15) is 13.2 Å². The fourth-order valence-corrected chi connectivity index (χ4v) is 2.57. The van der Waals surface area contributed by atoms with Crippen LogP contribution < -0.4 is 10.6 Å². The lowest BCUT2D eigenvalue weighted by Gasteiger charge is -2.28. The fraction of sp³-hybridized carbons (Fsp3) is 0.643. The van der Waals surface area contributed by atoms with Gasteiger partial charge in [0.05, 0.1) is 17.6 Å². The zero-order chi connectivity index (χ0) is 15.1. The van der Waals surface area contributed by atoms with E-state index in [0.29, 0.717) is 17.3 Å². The van der Waals surface area contributed by atoms with Gasteiger partial charge in [-0.05, 0) is 23.8 Å². The van der Waals surface area contributed by atoms with Gasteiger partial charge in [0.25, 0.3) is 0 Å². The lowest BCUT2D eigenvalue weighted by Crippen LogP contribution is -2.26. The second kappa shape index (κ2) is 4.82. The molecule has 112 valence electrons. The molecule has 1 aromatic heterocycles. The molecule has 0 spiro atoms. The summed E-state index contributed by atoms with van der Waals surface area (Å²) in [4.78, 5) is 5.31. The third-order valence-corrected chi connectivity index (χ3v) is 3.96. The van der Waals surface area contributed by atoms with Crippen molar-refractivity contribution >= 4 is 11.4 Å². The molecular formula is C14H20F3N3. The second-order valence-corrected chi connectivity index (χ2v) is 6.42. The Hall–Kier alpha value is -1.46. The Kier molecular flexibility index (Phi) is 3.60. The summed E-state index contributed by atoms with van der Waals surface area (Å²) in [7, 11) is 0. The van der Waals surface area contributed by atoms with Gasteiger partial charge in [0.2, 0.25) is 0 Å². The van der Waals surface area contributed by atoms with E-state index in [-0.39, 0.29) is 5.41 Å². The van der Waals surface area contributed by atoms with E-state index in [1.54, 1.807) is 0 Å². The van der Waals surface area contributed by atoms with E-state index in [4.69, 9.17) is 5.73 Å². The normalized spacial score (nSPS) is 20.5. The van der Waals surface area contributed by atoms with Crippen molar-refractivity contribution in [2.75, 3.05) is 23.7 Å². The minimum Gasteiger partial charge on any atom is -0.396 e. The van der Waals surface area contributed by atoms with Crippen LogP contribution in [0.2, 0.25) is 0 Å². The Labute approximate surface area is 117 Å². The molecule has 0 radical (unpaired) electrons. The molecule has 20 heavy (non-hydrogen) atoms. The Morgan fingerprint density at radius 2 is 1.95 bits per heavy atom. The summed E-state index contributed by atoms with van der Waals surface area (Å²) in [6.45, 7) is 7.91. The minimum atomic E-state index is -4.44. The molecule has 0 aromatic carbocycles. The summed E-state index contributed by atoms with van der Waals surface area (Å²) in [5, 5.41) is 0. The van der Waals surface area contributed by atoms with Crippen LogP contribution in [-0.2, 0) is 6.18 Å². The molecule has 2 heterocycles. The van der Waals surface area contributed by atoms with Gasteiger partial charge in [-0.25, -0.2) is 4.98 Å². The highest BCUT2D eigenvalue weighted by molar-refractivity contribution is 5.67. The third kappa shape index (κ3) is 2.99. The van der Waals surface area contributed by atoms with Crippen LogP contribution in [0.15, 0.2) is 12.3 Å². The smallest absolute Gasteiger partial charge is 0.396 e. The number of aromatic nitrogens is 1. The number of rotatable bonds is 1. The molecule has 6 heteroatoms. The van der Waals surface area contributed by atoms with Gasteiger partial charge in [0.1, 0.15) is 5.69 Å². The molecule has 0 aliphatic carbocycles. The molecule has 0 saturated carbocycles. The molecule has 1 aliphatic rings. The zero-order valence-corrected chi connectivity index (χ0v) is 12.0. The number of pyridine rings is 1. The Bertz CT molecular complexity index is 491. The van der Waals surface area contributed by atoms with Crippen LogP contribution in [0.1, 0.15) is 32.9 Å². The lowest BCUT2D eigenvalue weighted by atomic mass is 9.80. The number of nitrogens with zero attached hydrogens (tertiary/aromatic N) is 2. The number of halogens is 3. The maximum atomic E-state index is 12.7. The first kappa shape index (κ1) is 14.9. The number of hydrogen-bond donors (Lipinski definition) is 1. The number of nitrogen functional groups attached to an aromatic ring is 1. The molecule has 1 aliphatic heterocycles. The summed E-state index contributed by atoms with van der Waals surface area (Å²) in [5.74, 6) is 0.449. The van der Waals surface area contributed by atoms with Gasteiger partial charge in [0, 0.05) is 13.1 Å². The van der Waals surface area contributed by atoms with Crippen LogP contribution in [0, 0.1) is 11.3 Å². The molecule has 3 nitrogen and oxygen atoms in total. The maximum Gasteiger partial charge on any atom is 0.433 e. The van der Waals surface area contributed by atoms with E-state index >= 15 is 0 Å². The topological polar surface area (TPSA) is 42.2 Å². The predicted octanol–water partition coefficient (Wildman–Crippen LogP) is 3.56. The molecule has 1 fully saturated rings. The number of hydrogen-bond acceptors (Lipinski definition) is 3. The average molecular weight is 287 g/mol. The summed E-state index contributed by atoms with van der Waals surface area (Å²) in [6, 6.07) is 1.06. The van der Waals surface area contributed by atoms with Crippen molar-refractivity contribution in [3.63, 3.8) is 0 Å². The van der Waals surface area contributed by atoms with Gasteiger partial charge in [0.15, 0.2) is 0 Å². The van der Waals surface area contributed by atoms with Crippen molar-refractivity contribution in [2.24, 2.45) is 11.3 Å². The maximum absolute atomic E-state index is 12.7. The first-order valence-electron chi connectivity index (χ1n) is 6.66. The Morgan fingerprint density at radius 3 is 2.45 bits per heavy atom. The van der Waals surface area contributed by atoms with Gasteiger partial charge in [-0.15, -0.1) is 0 Å². The summed E-state index contributed by atoms with van der Waals surface area (Å²) in [6.07, 6.45) is -2.37. The van der Waals surface area contributed by atoms with E-state index in [1.165, 1.54) is 0 Å². The SMILES string of the molecule is CC(C)(C)C1CCN(c2cc(C(F)(F)F)ncc2N)C1. The molecule has 1 saturated heterocycles. The molecular weight excluding hydrogens is 267 g/mol. The van der Waals surface area contributed by atoms with Crippen molar-refractivity contribution in [3.05, 3.63) is 18.0 Å². The number of nitrogens with two attached hydrogens (primary N) is 1. The van der Waals surface area contributed by atoms with Crippen molar-refractivity contribution < 1.29 is 13.2 Å².